The maximum absolute atomic E-state index is 12.8. The third kappa shape index (κ3) is 11.9. The van der Waals surface area contributed by atoms with E-state index in [9.17, 15) is 25.9 Å². The fraction of sp³-hybridized carbons (Fsp3) is 0. The Morgan fingerprint density at radius 2 is 0.672 bits per heavy atom. The third-order valence-electron chi connectivity index (χ3n) is 8.98. The molecule has 0 aliphatic rings. The first kappa shape index (κ1) is 43.6. The number of nitrogens with one attached hydrogen (secondary N) is 4. The van der Waals surface area contributed by atoms with Gasteiger partial charge in [0, 0.05) is 44.7 Å². The summed E-state index contributed by atoms with van der Waals surface area (Å²) >= 11 is 2.13. The molecule has 320 valence electrons. The highest BCUT2D eigenvalue weighted by molar-refractivity contribution is 7.99. The van der Waals surface area contributed by atoms with E-state index in [0.29, 0.717) is 33.1 Å². The summed E-state index contributed by atoms with van der Waals surface area (Å²) < 4.78 is 71.8. The number of aromatic nitrogens is 4. The number of hydrogen-bond donors (Lipinski definition) is 6. The van der Waals surface area contributed by atoms with Crippen LogP contribution in [-0.2, 0) is 20.2 Å². The molecular weight excluding hydrogens is 889 g/mol. The topological polar surface area (TPSA) is 208 Å². The van der Waals surface area contributed by atoms with E-state index in [0.717, 1.165) is 46.3 Å². The molecule has 0 saturated heterocycles. The van der Waals surface area contributed by atoms with Gasteiger partial charge in [-0.2, -0.15) is 16.8 Å². The van der Waals surface area contributed by atoms with Crippen molar-refractivity contribution in [3.05, 3.63) is 181 Å². The van der Waals surface area contributed by atoms with E-state index in [4.69, 9.17) is 0 Å². The van der Waals surface area contributed by atoms with Crippen molar-refractivity contribution in [1.29, 1.82) is 0 Å². The second-order valence-corrected chi connectivity index (χ2v) is 18.6. The van der Waals surface area contributed by atoms with E-state index < -0.39 is 30.0 Å². The molecule has 0 atom stereocenters. The Labute approximate surface area is 377 Å². The molecule has 6 aromatic carbocycles. The molecule has 0 spiro atoms. The van der Waals surface area contributed by atoms with Crippen LogP contribution in [0.15, 0.2) is 200 Å². The van der Waals surface area contributed by atoms with Crippen LogP contribution in [0.1, 0.15) is 11.1 Å². The van der Waals surface area contributed by atoms with Gasteiger partial charge in [-0.05, 0) is 107 Å². The minimum Gasteiger partial charge on any atom is -0.340 e. The number of benzene rings is 6. The average molecular weight is 925 g/mol. The minimum absolute atomic E-state index is 0.0491. The first-order valence-corrected chi connectivity index (χ1v) is 23.7. The Morgan fingerprint density at radius 1 is 0.391 bits per heavy atom. The average Bonchev–Trinajstić information content (AvgIpc) is 3.27. The predicted octanol–water partition coefficient (Wildman–Crippen LogP) is 11.2. The summed E-state index contributed by atoms with van der Waals surface area (Å²) in [5.74, 6) is 1.90. The lowest BCUT2D eigenvalue weighted by Crippen LogP contribution is -2.03. The zero-order chi connectivity index (χ0) is 44.5. The molecule has 2 aromatic heterocycles. The van der Waals surface area contributed by atoms with E-state index in [1.165, 1.54) is 36.4 Å². The molecule has 0 bridgehead atoms. The van der Waals surface area contributed by atoms with E-state index in [1.807, 2.05) is 121 Å². The second-order valence-electron chi connectivity index (χ2n) is 13.7. The zero-order valence-electron chi connectivity index (χ0n) is 33.3. The van der Waals surface area contributed by atoms with Gasteiger partial charge in [-0.1, -0.05) is 97.1 Å². The molecule has 2 heterocycles. The lowest BCUT2D eigenvalue weighted by atomic mass is 10.1. The fourth-order valence-corrected chi connectivity index (χ4v) is 9.34. The van der Waals surface area contributed by atoms with Gasteiger partial charge in [0.1, 0.15) is 33.1 Å². The van der Waals surface area contributed by atoms with Gasteiger partial charge in [0.05, 0.1) is 0 Å². The highest BCUT2D eigenvalue weighted by atomic mass is 32.2. The van der Waals surface area contributed by atoms with Crippen LogP contribution < -0.4 is 21.3 Å². The Kier molecular flexibility index (Phi) is 13.3. The second kappa shape index (κ2) is 19.5. The minimum atomic E-state index is -4.80. The maximum Gasteiger partial charge on any atom is 0.295 e. The zero-order valence-corrected chi connectivity index (χ0v) is 36.5. The molecular formula is C46H36N8O6S4. The van der Waals surface area contributed by atoms with Crippen LogP contribution in [0, 0.1) is 0 Å². The third-order valence-corrected chi connectivity index (χ3v) is 12.5. The number of hydrogen-bond acceptors (Lipinski definition) is 14. The molecule has 14 nitrogen and oxygen atoms in total. The molecule has 6 N–H and O–H groups in total. The van der Waals surface area contributed by atoms with Crippen molar-refractivity contribution < 1.29 is 25.9 Å². The molecule has 64 heavy (non-hydrogen) atoms. The van der Waals surface area contributed by atoms with Crippen molar-refractivity contribution in [3.63, 3.8) is 0 Å². The predicted molar refractivity (Wildman–Crippen MR) is 253 cm³/mol. The normalized spacial score (nSPS) is 11.6. The van der Waals surface area contributed by atoms with Crippen LogP contribution in [0.5, 0.6) is 0 Å². The first-order chi connectivity index (χ1) is 30.9. The van der Waals surface area contributed by atoms with Crippen LogP contribution in [0.25, 0.3) is 12.2 Å². The smallest absolute Gasteiger partial charge is 0.295 e. The fourth-order valence-electron chi connectivity index (χ4n) is 6.14. The number of anilines is 8. The van der Waals surface area contributed by atoms with Crippen LogP contribution in [0.4, 0.5) is 46.0 Å². The molecule has 0 aliphatic heterocycles. The highest BCUT2D eigenvalue weighted by Crippen LogP contribution is 2.35. The number of nitrogens with zero attached hydrogens (tertiary/aromatic N) is 4. The molecule has 0 saturated carbocycles. The molecule has 8 aromatic rings. The molecule has 8 rings (SSSR count). The Hall–Kier alpha value is -7.06. The van der Waals surface area contributed by atoms with Gasteiger partial charge < -0.3 is 21.3 Å². The van der Waals surface area contributed by atoms with Gasteiger partial charge in [-0.3, -0.25) is 9.11 Å². The van der Waals surface area contributed by atoms with E-state index in [-0.39, 0.29) is 21.4 Å². The lowest BCUT2D eigenvalue weighted by Gasteiger charge is -2.12. The van der Waals surface area contributed by atoms with Crippen molar-refractivity contribution in [2.45, 2.75) is 29.9 Å². The van der Waals surface area contributed by atoms with Gasteiger partial charge in [-0.15, -0.1) is 0 Å². The summed E-state index contributed by atoms with van der Waals surface area (Å²) in [5, 5.41) is 13.6. The summed E-state index contributed by atoms with van der Waals surface area (Å²) in [6, 6.07) is 49.9. The van der Waals surface area contributed by atoms with Crippen LogP contribution in [0.3, 0.4) is 0 Å². The van der Waals surface area contributed by atoms with Crippen molar-refractivity contribution in [2.24, 2.45) is 0 Å². The first-order valence-electron chi connectivity index (χ1n) is 19.2. The number of rotatable bonds is 16. The summed E-state index contributed by atoms with van der Waals surface area (Å²) in [6.07, 6.45) is 2.67. The molecule has 0 fully saturated rings. The maximum atomic E-state index is 12.8. The quantitative estimate of drug-likeness (QED) is 0.0302. The Bertz CT molecular complexity index is 2840. The summed E-state index contributed by atoms with van der Waals surface area (Å²) in [6.45, 7) is 0. The van der Waals surface area contributed by atoms with Crippen LogP contribution >= 0.6 is 23.5 Å². The highest BCUT2D eigenvalue weighted by Gasteiger charge is 2.20. The largest absolute Gasteiger partial charge is 0.340 e. The van der Waals surface area contributed by atoms with Crippen molar-refractivity contribution in [1.82, 2.24) is 19.9 Å². The molecule has 0 amide bonds. The van der Waals surface area contributed by atoms with Gasteiger partial charge in [-0.25, -0.2) is 19.9 Å². The standard InChI is InChI=1S/C46H36N8O6S4/c55-63(56,57)39-27-37(61-45-51-41(47-33-13-5-1-6-14-33)29-42(52-45)48-34-15-7-2-8-16-34)25-23-31(39)21-22-32-24-26-38(28-40(32)64(58,59)60)62-46-53-43(49-35-17-9-3-10-18-35)30-44(54-46)50-36-19-11-4-12-20-36/h1-30H,(H,55,56,57)(H,58,59,60)(H2,47,48,51,52)(H2,49,50,53,54)/b22-21+. The van der Waals surface area contributed by atoms with Crippen LogP contribution in [0.2, 0.25) is 0 Å². The summed E-state index contributed by atoms with van der Waals surface area (Å²) in [5.41, 5.74) is 3.26. The molecule has 0 aliphatic carbocycles. The van der Waals surface area contributed by atoms with Crippen molar-refractivity contribution in [3.8, 4) is 0 Å². The SMILES string of the molecule is O=S(=O)(O)c1cc(Sc2nc(Nc3ccccc3)cc(Nc3ccccc3)n2)ccc1/C=C/c1ccc(Sc2nc(Nc3ccccc3)cc(Nc3ccccc3)n2)cc1S(=O)(=O)O. The molecule has 18 heteroatoms. The van der Waals surface area contributed by atoms with Crippen molar-refractivity contribution in [2.75, 3.05) is 21.3 Å². The molecule has 0 radical (unpaired) electrons. The number of para-hydroxylation sites is 4. The van der Waals surface area contributed by atoms with E-state index in [2.05, 4.69) is 41.2 Å². The molecule has 0 unspecified atom stereocenters. The van der Waals surface area contributed by atoms with E-state index in [1.54, 1.807) is 24.3 Å². The van der Waals surface area contributed by atoms with Crippen molar-refractivity contribution >= 4 is 102 Å². The summed E-state index contributed by atoms with van der Waals surface area (Å²) in [7, 11) is -9.61. The van der Waals surface area contributed by atoms with Gasteiger partial charge in [0.15, 0.2) is 10.3 Å². The van der Waals surface area contributed by atoms with Crippen LogP contribution in [-0.4, -0.2) is 45.9 Å². The van der Waals surface area contributed by atoms with Gasteiger partial charge in [0.25, 0.3) is 20.2 Å². The Morgan fingerprint density at radius 3 is 0.938 bits per heavy atom. The monoisotopic (exact) mass is 924 g/mol. The van der Waals surface area contributed by atoms with Gasteiger partial charge >= 0.3 is 0 Å². The lowest BCUT2D eigenvalue weighted by molar-refractivity contribution is 0.480. The van der Waals surface area contributed by atoms with Gasteiger partial charge in [0.2, 0.25) is 0 Å². The Balaban J connectivity index is 1.07. The summed E-state index contributed by atoms with van der Waals surface area (Å²) in [4.78, 5) is 18.5. The van der Waals surface area contributed by atoms with E-state index >= 15 is 0 Å².